The molecule has 0 aliphatic carbocycles. The molecule has 0 unspecified atom stereocenters. The molecule has 22 heavy (non-hydrogen) atoms. The van der Waals surface area contributed by atoms with Crippen molar-refractivity contribution in [2.75, 3.05) is 14.2 Å². The molecule has 0 bridgehead atoms. The third-order valence-corrected chi connectivity index (χ3v) is 3.94. The fourth-order valence-electron chi connectivity index (χ4n) is 2.81. The Morgan fingerprint density at radius 3 is 2.05 bits per heavy atom. The van der Waals surface area contributed by atoms with E-state index in [2.05, 4.69) is 26.8 Å². The Hall–Kier alpha value is -2.16. The predicted molar refractivity (Wildman–Crippen MR) is 90.2 cm³/mol. The Balaban J connectivity index is 2.76. The smallest absolute Gasteiger partial charge is 0.165 e. The lowest BCUT2D eigenvalue weighted by Gasteiger charge is -2.18. The highest BCUT2D eigenvalue weighted by molar-refractivity contribution is 5.79. The first-order chi connectivity index (χ1) is 10.4. The highest BCUT2D eigenvalue weighted by atomic mass is 16.5. The first kappa shape index (κ1) is 16.2. The Kier molecular flexibility index (Phi) is 4.65. The van der Waals surface area contributed by atoms with E-state index in [0.717, 1.165) is 22.4 Å². The van der Waals surface area contributed by atoms with Gasteiger partial charge in [0.15, 0.2) is 11.5 Å². The summed E-state index contributed by atoms with van der Waals surface area (Å²) in [7, 11) is 3.21. The Morgan fingerprint density at radius 1 is 0.864 bits per heavy atom. The number of hydrogen-bond donors (Lipinski definition) is 1. The Bertz CT molecular complexity index is 688. The second-order valence-corrected chi connectivity index (χ2v) is 5.93. The molecule has 0 fully saturated rings. The first-order valence-electron chi connectivity index (χ1n) is 7.45. The van der Waals surface area contributed by atoms with Crippen molar-refractivity contribution < 1.29 is 14.6 Å². The maximum absolute atomic E-state index is 10.5. The molecule has 0 amide bonds. The molecule has 0 heterocycles. The van der Waals surface area contributed by atoms with Crippen molar-refractivity contribution in [2.24, 2.45) is 0 Å². The molecule has 0 aliphatic rings. The SMILES string of the molecule is COc1cc(C)c(C(C)C)cc1-c1cc(C)cc(OC)c1O. The summed E-state index contributed by atoms with van der Waals surface area (Å²) in [5.41, 5.74) is 5.08. The van der Waals surface area contributed by atoms with Crippen LogP contribution in [0.5, 0.6) is 17.2 Å². The minimum atomic E-state index is 0.143. The van der Waals surface area contributed by atoms with Crippen LogP contribution in [0.2, 0.25) is 0 Å². The quantitative estimate of drug-likeness (QED) is 0.880. The number of aromatic hydroxyl groups is 1. The summed E-state index contributed by atoms with van der Waals surface area (Å²) in [6.45, 7) is 8.39. The lowest BCUT2D eigenvalue weighted by Crippen LogP contribution is -1.97. The van der Waals surface area contributed by atoms with Crippen molar-refractivity contribution in [1.29, 1.82) is 0 Å². The third-order valence-electron chi connectivity index (χ3n) is 3.94. The lowest BCUT2D eigenvalue weighted by atomic mass is 9.91. The topological polar surface area (TPSA) is 38.7 Å². The Labute approximate surface area is 132 Å². The number of hydrogen-bond acceptors (Lipinski definition) is 3. The van der Waals surface area contributed by atoms with Gasteiger partial charge in [0.25, 0.3) is 0 Å². The fraction of sp³-hybridized carbons (Fsp3) is 0.368. The van der Waals surface area contributed by atoms with Gasteiger partial charge in [-0.3, -0.25) is 0 Å². The van der Waals surface area contributed by atoms with E-state index in [1.165, 1.54) is 11.1 Å². The van der Waals surface area contributed by atoms with Crippen molar-refractivity contribution >= 4 is 0 Å². The molecule has 2 aromatic carbocycles. The predicted octanol–water partition coefficient (Wildman–Crippen LogP) is 4.82. The standard InChI is InChI=1S/C19H24O3/c1-11(2)14-10-15(17(21-5)9-13(14)4)16-7-12(3)8-18(22-6)19(16)20/h7-11,20H,1-6H3. The van der Waals surface area contributed by atoms with Crippen molar-refractivity contribution in [3.05, 3.63) is 41.0 Å². The zero-order valence-electron chi connectivity index (χ0n) is 14.2. The summed E-state index contributed by atoms with van der Waals surface area (Å²) in [5.74, 6) is 1.78. The zero-order chi connectivity index (χ0) is 16.4. The summed E-state index contributed by atoms with van der Waals surface area (Å²) in [4.78, 5) is 0. The Morgan fingerprint density at radius 2 is 1.50 bits per heavy atom. The molecule has 0 aliphatic heterocycles. The van der Waals surface area contributed by atoms with Crippen LogP contribution in [0.25, 0.3) is 11.1 Å². The summed E-state index contributed by atoms with van der Waals surface area (Å²) in [6.07, 6.45) is 0. The number of rotatable bonds is 4. The van der Waals surface area contributed by atoms with E-state index in [1.807, 2.05) is 25.1 Å². The molecule has 2 rings (SSSR count). The molecule has 0 spiro atoms. The summed E-state index contributed by atoms with van der Waals surface area (Å²) in [5, 5.41) is 10.5. The van der Waals surface area contributed by atoms with Gasteiger partial charge < -0.3 is 14.6 Å². The maximum Gasteiger partial charge on any atom is 0.165 e. The van der Waals surface area contributed by atoms with E-state index in [4.69, 9.17) is 9.47 Å². The number of aryl methyl sites for hydroxylation is 2. The minimum Gasteiger partial charge on any atom is -0.504 e. The second-order valence-electron chi connectivity index (χ2n) is 5.93. The van der Waals surface area contributed by atoms with Crippen molar-refractivity contribution in [3.63, 3.8) is 0 Å². The third kappa shape index (κ3) is 2.89. The molecule has 3 nitrogen and oxygen atoms in total. The zero-order valence-corrected chi connectivity index (χ0v) is 14.2. The van der Waals surface area contributed by atoms with Crippen molar-refractivity contribution in [3.8, 4) is 28.4 Å². The maximum atomic E-state index is 10.5. The van der Waals surface area contributed by atoms with Gasteiger partial charge in [-0.25, -0.2) is 0 Å². The second kappa shape index (κ2) is 6.30. The minimum absolute atomic E-state index is 0.143. The van der Waals surface area contributed by atoms with Crippen LogP contribution in [-0.4, -0.2) is 19.3 Å². The molecule has 3 heteroatoms. The van der Waals surface area contributed by atoms with Crippen molar-refractivity contribution in [2.45, 2.75) is 33.6 Å². The molecule has 0 saturated carbocycles. The van der Waals surface area contributed by atoms with Crippen LogP contribution in [0.4, 0.5) is 0 Å². The summed E-state index contributed by atoms with van der Waals surface area (Å²) >= 11 is 0. The van der Waals surface area contributed by atoms with Gasteiger partial charge >= 0.3 is 0 Å². The van der Waals surface area contributed by atoms with Gasteiger partial charge in [-0.1, -0.05) is 13.8 Å². The largest absolute Gasteiger partial charge is 0.504 e. The summed E-state index contributed by atoms with van der Waals surface area (Å²) < 4.78 is 10.8. The fourth-order valence-corrected chi connectivity index (χ4v) is 2.81. The normalized spacial score (nSPS) is 10.9. The van der Waals surface area contributed by atoms with Crippen LogP contribution in [0, 0.1) is 13.8 Å². The van der Waals surface area contributed by atoms with Gasteiger partial charge in [-0.15, -0.1) is 0 Å². The average molecular weight is 300 g/mol. The van der Waals surface area contributed by atoms with Gasteiger partial charge in [0.05, 0.1) is 14.2 Å². The van der Waals surface area contributed by atoms with E-state index in [0.29, 0.717) is 11.7 Å². The first-order valence-corrected chi connectivity index (χ1v) is 7.45. The number of phenols is 1. The average Bonchev–Trinajstić information content (AvgIpc) is 2.48. The molecule has 0 saturated heterocycles. The van der Waals surface area contributed by atoms with Gasteiger partial charge in [0.2, 0.25) is 0 Å². The number of phenolic OH excluding ortho intramolecular Hbond substituents is 1. The van der Waals surface area contributed by atoms with Crippen LogP contribution in [-0.2, 0) is 0 Å². The lowest BCUT2D eigenvalue weighted by molar-refractivity contribution is 0.373. The van der Waals surface area contributed by atoms with E-state index in [1.54, 1.807) is 14.2 Å². The van der Waals surface area contributed by atoms with Gasteiger partial charge in [-0.05, 0) is 60.7 Å². The van der Waals surface area contributed by atoms with Gasteiger partial charge in [-0.2, -0.15) is 0 Å². The monoisotopic (exact) mass is 300 g/mol. The molecule has 0 radical (unpaired) electrons. The molecular formula is C19H24O3. The molecule has 0 aromatic heterocycles. The van der Waals surface area contributed by atoms with Crippen LogP contribution in [0.15, 0.2) is 24.3 Å². The van der Waals surface area contributed by atoms with Gasteiger partial charge in [0.1, 0.15) is 5.75 Å². The van der Waals surface area contributed by atoms with Crippen molar-refractivity contribution in [1.82, 2.24) is 0 Å². The number of ether oxygens (including phenoxy) is 2. The number of benzene rings is 2. The molecule has 118 valence electrons. The van der Waals surface area contributed by atoms with Gasteiger partial charge in [0, 0.05) is 11.1 Å². The number of methoxy groups -OCH3 is 2. The molecule has 2 aromatic rings. The van der Waals surface area contributed by atoms with E-state index in [-0.39, 0.29) is 5.75 Å². The summed E-state index contributed by atoms with van der Waals surface area (Å²) in [6, 6.07) is 7.91. The van der Waals surface area contributed by atoms with E-state index in [9.17, 15) is 5.11 Å². The molecular weight excluding hydrogens is 276 g/mol. The highest BCUT2D eigenvalue weighted by Crippen LogP contribution is 2.43. The van der Waals surface area contributed by atoms with Crippen LogP contribution in [0.3, 0.4) is 0 Å². The van der Waals surface area contributed by atoms with E-state index < -0.39 is 0 Å². The molecule has 1 N–H and O–H groups in total. The van der Waals surface area contributed by atoms with Crippen LogP contribution in [0.1, 0.15) is 36.5 Å². The molecule has 0 atom stereocenters. The van der Waals surface area contributed by atoms with Crippen LogP contribution < -0.4 is 9.47 Å². The van der Waals surface area contributed by atoms with E-state index >= 15 is 0 Å². The van der Waals surface area contributed by atoms with Crippen LogP contribution >= 0.6 is 0 Å². The highest BCUT2D eigenvalue weighted by Gasteiger charge is 2.17.